The van der Waals surface area contributed by atoms with Crippen molar-refractivity contribution >= 4 is 27.1 Å². The monoisotopic (exact) mass is 372 g/mol. The van der Waals surface area contributed by atoms with Crippen molar-refractivity contribution in [3.05, 3.63) is 38.4 Å². The highest BCUT2D eigenvalue weighted by Crippen LogP contribution is 2.34. The van der Waals surface area contributed by atoms with Crippen LogP contribution in [0.1, 0.15) is 19.8 Å². The minimum atomic E-state index is -3.29. The summed E-state index contributed by atoms with van der Waals surface area (Å²) in [4.78, 5) is 22.5. The average Bonchev–Trinajstić information content (AvgIpc) is 2.60. The Morgan fingerprint density at radius 1 is 1.20 bits per heavy atom. The Morgan fingerprint density at radius 3 is 2.28 bits per heavy atom. The molecule has 0 spiro atoms. The Bertz CT molecular complexity index is 774. The standard InChI is InChI=1S/C14H20N4O6S/c1-3-25(23,24)15(2)11-6-8-16(9-7-11)13-5-4-12(17(19)20)10-14(13)18(21)22/h4-5,10-11H,3,6-9H2,1-2H3. The number of piperidine rings is 1. The molecular formula is C14H20N4O6S. The van der Waals surface area contributed by atoms with E-state index in [1.165, 1.54) is 16.4 Å². The molecule has 25 heavy (non-hydrogen) atoms. The number of anilines is 1. The summed E-state index contributed by atoms with van der Waals surface area (Å²) >= 11 is 0. The van der Waals surface area contributed by atoms with Crippen LogP contribution >= 0.6 is 0 Å². The Hall–Kier alpha value is -2.27. The van der Waals surface area contributed by atoms with Gasteiger partial charge in [-0.25, -0.2) is 12.7 Å². The minimum Gasteiger partial charge on any atom is -0.366 e. The van der Waals surface area contributed by atoms with Crippen LogP contribution in [-0.2, 0) is 10.0 Å². The van der Waals surface area contributed by atoms with Gasteiger partial charge in [0, 0.05) is 32.2 Å². The van der Waals surface area contributed by atoms with Gasteiger partial charge in [-0.3, -0.25) is 20.2 Å². The van der Waals surface area contributed by atoms with E-state index in [2.05, 4.69) is 0 Å². The summed E-state index contributed by atoms with van der Waals surface area (Å²) in [5, 5.41) is 22.1. The van der Waals surface area contributed by atoms with Gasteiger partial charge in [0.25, 0.3) is 11.4 Å². The molecule has 1 heterocycles. The van der Waals surface area contributed by atoms with Crippen molar-refractivity contribution in [1.29, 1.82) is 0 Å². The Morgan fingerprint density at radius 2 is 1.80 bits per heavy atom. The minimum absolute atomic E-state index is 0.0253. The third-order valence-electron chi connectivity index (χ3n) is 4.49. The first-order chi connectivity index (χ1) is 11.7. The molecule has 1 fully saturated rings. The molecule has 0 saturated carbocycles. The first-order valence-corrected chi connectivity index (χ1v) is 9.41. The van der Waals surface area contributed by atoms with Crippen LogP contribution in [0, 0.1) is 20.2 Å². The Balaban J connectivity index is 2.18. The molecule has 0 radical (unpaired) electrons. The summed E-state index contributed by atoms with van der Waals surface area (Å²) in [6, 6.07) is 3.42. The SMILES string of the molecule is CCS(=O)(=O)N(C)C1CCN(c2ccc([N+](=O)[O-])cc2[N+](=O)[O-])CC1. The lowest BCUT2D eigenvalue weighted by atomic mass is 10.0. The van der Waals surface area contributed by atoms with Gasteiger partial charge < -0.3 is 4.90 Å². The average molecular weight is 372 g/mol. The second-order valence-electron chi connectivity index (χ2n) is 5.82. The molecule has 1 aromatic rings. The highest BCUT2D eigenvalue weighted by atomic mass is 32.2. The predicted octanol–water partition coefficient (Wildman–Crippen LogP) is 1.75. The highest BCUT2D eigenvalue weighted by molar-refractivity contribution is 7.89. The summed E-state index contributed by atoms with van der Waals surface area (Å²) in [6.45, 7) is 2.46. The number of benzene rings is 1. The lowest BCUT2D eigenvalue weighted by molar-refractivity contribution is -0.393. The summed E-state index contributed by atoms with van der Waals surface area (Å²) < 4.78 is 25.3. The molecule has 10 nitrogen and oxygen atoms in total. The van der Waals surface area contributed by atoms with Gasteiger partial charge >= 0.3 is 0 Å². The lowest BCUT2D eigenvalue weighted by Crippen LogP contribution is -2.46. The van der Waals surface area contributed by atoms with Crippen LogP contribution in [0.3, 0.4) is 0 Å². The van der Waals surface area contributed by atoms with Crippen molar-refractivity contribution in [2.24, 2.45) is 0 Å². The summed E-state index contributed by atoms with van der Waals surface area (Å²) in [6.07, 6.45) is 1.06. The van der Waals surface area contributed by atoms with Crippen LogP contribution in [0.25, 0.3) is 0 Å². The first-order valence-electron chi connectivity index (χ1n) is 7.81. The molecule has 0 unspecified atom stereocenters. The van der Waals surface area contributed by atoms with Crippen molar-refractivity contribution in [1.82, 2.24) is 4.31 Å². The van der Waals surface area contributed by atoms with Gasteiger partial charge in [0.2, 0.25) is 10.0 Å². The first kappa shape index (κ1) is 19.1. The number of nitro benzene ring substituents is 2. The second-order valence-corrected chi connectivity index (χ2v) is 8.14. The summed E-state index contributed by atoms with van der Waals surface area (Å²) in [5.41, 5.74) is -0.337. The maximum absolute atomic E-state index is 12.0. The van der Waals surface area contributed by atoms with Crippen LogP contribution in [0.15, 0.2) is 18.2 Å². The molecule has 2 rings (SSSR count). The molecule has 138 valence electrons. The highest BCUT2D eigenvalue weighted by Gasteiger charge is 2.31. The number of sulfonamides is 1. The van der Waals surface area contributed by atoms with E-state index in [-0.39, 0.29) is 23.2 Å². The van der Waals surface area contributed by atoms with Crippen LogP contribution in [-0.4, -0.2) is 54.5 Å². The van der Waals surface area contributed by atoms with E-state index in [0.717, 1.165) is 6.07 Å². The molecule has 1 aliphatic rings. The van der Waals surface area contributed by atoms with Crippen molar-refractivity contribution < 1.29 is 18.3 Å². The smallest absolute Gasteiger partial charge is 0.299 e. The molecule has 0 bridgehead atoms. The fraction of sp³-hybridized carbons (Fsp3) is 0.571. The van der Waals surface area contributed by atoms with E-state index in [0.29, 0.717) is 31.6 Å². The third-order valence-corrected chi connectivity index (χ3v) is 6.39. The quantitative estimate of drug-likeness (QED) is 0.550. The fourth-order valence-corrected chi connectivity index (χ4v) is 4.01. The maximum Gasteiger partial charge on any atom is 0.299 e. The number of nitrogens with zero attached hydrogens (tertiary/aromatic N) is 4. The zero-order valence-corrected chi connectivity index (χ0v) is 14.8. The Labute approximate surface area is 145 Å². The van der Waals surface area contributed by atoms with Crippen molar-refractivity contribution in [3.8, 4) is 0 Å². The van der Waals surface area contributed by atoms with E-state index in [1.54, 1.807) is 18.9 Å². The largest absolute Gasteiger partial charge is 0.366 e. The van der Waals surface area contributed by atoms with Gasteiger partial charge in [0.1, 0.15) is 5.69 Å². The Kier molecular flexibility index (Phi) is 5.58. The number of nitro groups is 2. The molecule has 1 aromatic carbocycles. The molecule has 0 aliphatic carbocycles. The fourth-order valence-electron chi connectivity index (χ4n) is 2.94. The van der Waals surface area contributed by atoms with Crippen molar-refractivity contribution in [2.45, 2.75) is 25.8 Å². The van der Waals surface area contributed by atoms with Gasteiger partial charge in [0.05, 0.1) is 21.7 Å². The van der Waals surface area contributed by atoms with Gasteiger partial charge in [-0.2, -0.15) is 0 Å². The molecule has 1 aliphatic heterocycles. The molecule has 1 saturated heterocycles. The van der Waals surface area contributed by atoms with E-state index < -0.39 is 19.9 Å². The predicted molar refractivity (Wildman–Crippen MR) is 92.2 cm³/mol. The van der Waals surface area contributed by atoms with Crippen molar-refractivity contribution in [2.75, 3.05) is 30.8 Å². The number of hydrogen-bond acceptors (Lipinski definition) is 7. The van der Waals surface area contributed by atoms with E-state index in [4.69, 9.17) is 0 Å². The van der Waals surface area contributed by atoms with E-state index in [9.17, 15) is 28.6 Å². The van der Waals surface area contributed by atoms with E-state index >= 15 is 0 Å². The lowest BCUT2D eigenvalue weighted by Gasteiger charge is -2.36. The van der Waals surface area contributed by atoms with Gasteiger partial charge in [-0.05, 0) is 25.8 Å². The molecule has 0 atom stereocenters. The van der Waals surface area contributed by atoms with Gasteiger partial charge in [0.15, 0.2) is 0 Å². The number of non-ortho nitro benzene ring substituents is 1. The topological polar surface area (TPSA) is 127 Å². The second kappa shape index (κ2) is 7.31. The van der Waals surface area contributed by atoms with Crippen LogP contribution in [0.2, 0.25) is 0 Å². The molecule has 0 aromatic heterocycles. The van der Waals surface area contributed by atoms with E-state index in [1.807, 2.05) is 0 Å². The van der Waals surface area contributed by atoms with Crippen LogP contribution in [0.4, 0.5) is 17.1 Å². The molecule has 0 amide bonds. The number of rotatable bonds is 6. The maximum atomic E-state index is 12.0. The van der Waals surface area contributed by atoms with Gasteiger partial charge in [-0.15, -0.1) is 0 Å². The van der Waals surface area contributed by atoms with Crippen LogP contribution < -0.4 is 4.90 Å². The third kappa shape index (κ3) is 4.04. The molecule has 0 N–H and O–H groups in total. The van der Waals surface area contributed by atoms with Gasteiger partial charge in [-0.1, -0.05) is 0 Å². The zero-order chi connectivity index (χ0) is 18.8. The van der Waals surface area contributed by atoms with Crippen LogP contribution in [0.5, 0.6) is 0 Å². The normalized spacial score (nSPS) is 16.2. The van der Waals surface area contributed by atoms with Crippen molar-refractivity contribution in [3.63, 3.8) is 0 Å². The summed E-state index contributed by atoms with van der Waals surface area (Å²) in [7, 11) is -1.74. The molecular weight excluding hydrogens is 352 g/mol. The molecule has 11 heteroatoms. The summed E-state index contributed by atoms with van der Waals surface area (Å²) in [5.74, 6) is 0.0253. The zero-order valence-electron chi connectivity index (χ0n) is 14.0. The number of hydrogen-bond donors (Lipinski definition) is 0.